The molecule has 9 nitrogen and oxygen atoms in total. The summed E-state index contributed by atoms with van der Waals surface area (Å²) in [7, 11) is 0. The van der Waals surface area contributed by atoms with Gasteiger partial charge in [0.25, 0.3) is 0 Å². The molecule has 2 bridgehead atoms. The van der Waals surface area contributed by atoms with E-state index in [1.165, 1.54) is 5.56 Å². The summed E-state index contributed by atoms with van der Waals surface area (Å²) in [6.07, 6.45) is 2.47. The van der Waals surface area contributed by atoms with E-state index in [-0.39, 0.29) is 12.1 Å². The van der Waals surface area contributed by atoms with E-state index in [1.54, 1.807) is 6.20 Å². The second-order valence-corrected chi connectivity index (χ2v) is 12.4. The van der Waals surface area contributed by atoms with Crippen molar-refractivity contribution in [2.75, 3.05) is 18.8 Å². The molecule has 9 heteroatoms. The number of anilines is 1. The van der Waals surface area contributed by atoms with Crippen LogP contribution in [0.1, 0.15) is 32.8 Å². The molecule has 2 aliphatic rings. The number of hydrogen-bond donors (Lipinski definition) is 1. The topological polar surface area (TPSA) is 102 Å². The fourth-order valence-corrected chi connectivity index (χ4v) is 6.23. The van der Waals surface area contributed by atoms with Gasteiger partial charge in [-0.1, -0.05) is 42.5 Å². The molecule has 43 heavy (non-hydrogen) atoms. The molecule has 2 atom stereocenters. The highest BCUT2D eigenvalue weighted by atomic mass is 16.6. The lowest BCUT2D eigenvalue weighted by Gasteiger charge is -2.35. The van der Waals surface area contributed by atoms with Crippen molar-refractivity contribution < 1.29 is 9.53 Å². The van der Waals surface area contributed by atoms with Crippen LogP contribution in [-0.4, -0.2) is 66.2 Å². The highest BCUT2D eigenvalue weighted by Crippen LogP contribution is 2.34. The molecule has 7 rings (SSSR count). The van der Waals surface area contributed by atoms with Crippen LogP contribution in [-0.2, 0) is 11.3 Å². The zero-order valence-electron chi connectivity index (χ0n) is 24.6. The summed E-state index contributed by atoms with van der Waals surface area (Å²) in [5.74, 6) is 1.12. The lowest BCUT2D eigenvalue weighted by atomic mass is 10.1. The Morgan fingerprint density at radius 1 is 0.930 bits per heavy atom. The quantitative estimate of drug-likeness (QED) is 0.278. The summed E-state index contributed by atoms with van der Waals surface area (Å²) in [5, 5.41) is 0. The molecule has 218 valence electrons. The van der Waals surface area contributed by atoms with E-state index in [2.05, 4.69) is 50.8 Å². The van der Waals surface area contributed by atoms with Gasteiger partial charge in [0.1, 0.15) is 16.9 Å². The number of carbonyl (C=O) groups excluding carboxylic acids is 1. The number of hydrogen-bond acceptors (Lipinski definition) is 7. The highest BCUT2D eigenvalue weighted by molar-refractivity contribution is 5.84. The highest BCUT2D eigenvalue weighted by Gasteiger charge is 2.46. The van der Waals surface area contributed by atoms with Crippen LogP contribution >= 0.6 is 0 Å². The first-order chi connectivity index (χ1) is 20.7. The number of nitrogen functional groups attached to an aromatic ring is 1. The molecule has 5 heterocycles. The minimum atomic E-state index is -0.484. The van der Waals surface area contributed by atoms with Gasteiger partial charge in [0.15, 0.2) is 11.5 Å². The summed E-state index contributed by atoms with van der Waals surface area (Å²) in [6, 6.07) is 27.1. The molecule has 1 amide bonds. The van der Waals surface area contributed by atoms with Gasteiger partial charge in [0.2, 0.25) is 0 Å². The largest absolute Gasteiger partial charge is 0.444 e. The fourth-order valence-electron chi connectivity index (χ4n) is 6.23. The minimum Gasteiger partial charge on any atom is -0.444 e. The average Bonchev–Trinajstić information content (AvgIpc) is 3.70. The van der Waals surface area contributed by atoms with Crippen molar-refractivity contribution in [1.29, 1.82) is 0 Å². The molecule has 2 N–H and O–H groups in total. The number of imidazole rings is 1. The van der Waals surface area contributed by atoms with Gasteiger partial charge in [-0.3, -0.25) is 9.47 Å². The summed E-state index contributed by atoms with van der Waals surface area (Å²) < 4.78 is 7.70. The summed E-state index contributed by atoms with van der Waals surface area (Å²) in [6.45, 7) is 8.13. The molecule has 0 spiro atoms. The Kier molecular flexibility index (Phi) is 6.62. The van der Waals surface area contributed by atoms with Crippen LogP contribution < -0.4 is 5.73 Å². The zero-order chi connectivity index (χ0) is 29.7. The summed E-state index contributed by atoms with van der Waals surface area (Å²) >= 11 is 0. The number of piperazine rings is 1. The Labute approximate surface area is 250 Å². The standard InChI is InChI=1S/C34H35N7O2/c1-34(2,3)43-33(42)40-21-25-18-26(40)20-39(25)19-22-11-13-24(14-12-22)41-31(27-10-7-17-36-30(27)35)38-29-16-15-28(37-32(29)41)23-8-5-4-6-9-23/h4-17,25-26H,18-21H2,1-3H3,(H2,35,36)/t25-,26-/m1/s1. The van der Waals surface area contributed by atoms with Crippen molar-refractivity contribution in [3.05, 3.63) is 90.6 Å². The molecule has 3 aromatic heterocycles. The van der Waals surface area contributed by atoms with E-state index in [0.717, 1.165) is 53.2 Å². The van der Waals surface area contributed by atoms with Gasteiger partial charge in [-0.2, -0.15) is 0 Å². The Hall–Kier alpha value is -4.76. The number of carbonyl (C=O) groups is 1. The van der Waals surface area contributed by atoms with Crippen LogP contribution in [0.15, 0.2) is 85.1 Å². The average molecular weight is 574 g/mol. The van der Waals surface area contributed by atoms with Crippen LogP contribution in [0.5, 0.6) is 0 Å². The van der Waals surface area contributed by atoms with Crippen molar-refractivity contribution in [3.63, 3.8) is 0 Å². The molecular formula is C34H35N7O2. The third-order valence-corrected chi connectivity index (χ3v) is 8.22. The second kappa shape index (κ2) is 10.5. The van der Waals surface area contributed by atoms with Crippen LogP contribution in [0.25, 0.3) is 39.5 Å². The first kappa shape index (κ1) is 27.1. The number of aromatic nitrogens is 4. The monoisotopic (exact) mass is 573 g/mol. The molecule has 2 saturated heterocycles. The number of benzene rings is 2. The Bertz CT molecular complexity index is 1790. The summed E-state index contributed by atoms with van der Waals surface area (Å²) in [4.78, 5) is 31.4. The number of nitrogens with two attached hydrogens (primary N) is 1. The zero-order valence-corrected chi connectivity index (χ0v) is 24.6. The van der Waals surface area contributed by atoms with Crippen LogP contribution in [0.2, 0.25) is 0 Å². The number of rotatable bonds is 5. The molecule has 0 unspecified atom stereocenters. The van der Waals surface area contributed by atoms with Crippen LogP contribution in [0.4, 0.5) is 10.6 Å². The Balaban J connectivity index is 1.17. The second-order valence-electron chi connectivity index (χ2n) is 12.4. The van der Waals surface area contributed by atoms with Crippen LogP contribution in [0, 0.1) is 0 Å². The number of amides is 1. The van der Waals surface area contributed by atoms with E-state index in [4.69, 9.17) is 20.4 Å². The molecule has 2 aliphatic heterocycles. The SMILES string of the molecule is CC(C)(C)OC(=O)N1C[C@H]2C[C@@H]1CN2Cc1ccc(-n2c(-c3cccnc3N)nc3ccc(-c4ccccc4)nc32)cc1. The van der Waals surface area contributed by atoms with Gasteiger partial charge in [-0.05, 0) is 69.2 Å². The van der Waals surface area contributed by atoms with Crippen molar-refractivity contribution in [3.8, 4) is 28.3 Å². The van der Waals surface area contributed by atoms with Crippen molar-refractivity contribution in [2.45, 2.75) is 51.4 Å². The maximum Gasteiger partial charge on any atom is 0.410 e. The third-order valence-electron chi connectivity index (χ3n) is 8.22. The van der Waals surface area contributed by atoms with Gasteiger partial charge < -0.3 is 15.4 Å². The summed E-state index contributed by atoms with van der Waals surface area (Å²) in [5.41, 5.74) is 12.2. The third kappa shape index (κ3) is 5.21. The van der Waals surface area contributed by atoms with E-state index in [0.29, 0.717) is 24.2 Å². The van der Waals surface area contributed by atoms with E-state index < -0.39 is 5.60 Å². The van der Waals surface area contributed by atoms with Crippen molar-refractivity contribution in [2.24, 2.45) is 0 Å². The lowest BCUT2D eigenvalue weighted by molar-refractivity contribution is 0.0124. The molecule has 0 saturated carbocycles. The number of fused-ring (bicyclic) bond motifs is 3. The van der Waals surface area contributed by atoms with Gasteiger partial charge in [-0.25, -0.2) is 19.7 Å². The minimum absolute atomic E-state index is 0.203. The molecule has 0 radical (unpaired) electrons. The molecule has 0 aliphatic carbocycles. The predicted octanol–water partition coefficient (Wildman–Crippen LogP) is 5.93. The number of pyridine rings is 2. The first-order valence-corrected chi connectivity index (χ1v) is 14.7. The number of likely N-dealkylation sites (tertiary alicyclic amines) is 2. The normalized spacial score (nSPS) is 18.4. The van der Waals surface area contributed by atoms with Gasteiger partial charge in [-0.15, -0.1) is 0 Å². The molecule has 5 aromatic rings. The van der Waals surface area contributed by atoms with E-state index in [9.17, 15) is 4.79 Å². The number of nitrogens with zero attached hydrogens (tertiary/aromatic N) is 6. The van der Waals surface area contributed by atoms with Gasteiger partial charge in [0, 0.05) is 49.2 Å². The van der Waals surface area contributed by atoms with Gasteiger partial charge in [0.05, 0.1) is 11.3 Å². The molecule has 2 aromatic carbocycles. The maximum absolute atomic E-state index is 12.7. The van der Waals surface area contributed by atoms with E-state index in [1.807, 2.05) is 68.1 Å². The molecule has 2 fully saturated rings. The van der Waals surface area contributed by atoms with Crippen LogP contribution in [0.3, 0.4) is 0 Å². The smallest absolute Gasteiger partial charge is 0.410 e. The number of ether oxygens (including phenoxy) is 1. The molecular weight excluding hydrogens is 538 g/mol. The first-order valence-electron chi connectivity index (χ1n) is 14.7. The van der Waals surface area contributed by atoms with E-state index >= 15 is 0 Å². The van der Waals surface area contributed by atoms with Crippen molar-refractivity contribution in [1.82, 2.24) is 29.3 Å². The van der Waals surface area contributed by atoms with Gasteiger partial charge >= 0.3 is 6.09 Å². The maximum atomic E-state index is 12.7. The lowest BCUT2D eigenvalue weighted by Crippen LogP contribution is -2.49. The van der Waals surface area contributed by atoms with Crippen molar-refractivity contribution >= 4 is 23.1 Å². The fraction of sp³-hybridized carbons (Fsp3) is 0.294. The Morgan fingerprint density at radius 3 is 2.42 bits per heavy atom. The Morgan fingerprint density at radius 2 is 1.72 bits per heavy atom. The predicted molar refractivity (Wildman–Crippen MR) is 167 cm³/mol.